The number of carboxylic acids is 1. The lowest BCUT2D eigenvalue weighted by Gasteiger charge is -2.24. The fourth-order valence-electron chi connectivity index (χ4n) is 2.23. The first-order valence-corrected chi connectivity index (χ1v) is 6.66. The molecule has 5 nitrogen and oxygen atoms in total. The molecule has 0 saturated carbocycles. The van der Waals surface area contributed by atoms with Crippen molar-refractivity contribution in [2.75, 3.05) is 0 Å². The Bertz CT molecular complexity index is 755. The maximum atomic E-state index is 11.7. The van der Waals surface area contributed by atoms with Crippen LogP contribution in [0.15, 0.2) is 35.1 Å². The first-order valence-electron chi connectivity index (χ1n) is 6.66. The Hall–Kier alpha value is -2.43. The van der Waals surface area contributed by atoms with Crippen LogP contribution in [0.1, 0.15) is 42.5 Å². The molecule has 5 heteroatoms. The molecule has 1 aromatic carbocycles. The molecule has 0 atom stereocenters. The highest BCUT2D eigenvalue weighted by Gasteiger charge is 2.21. The van der Waals surface area contributed by atoms with Crippen LogP contribution in [0.5, 0.6) is 0 Å². The van der Waals surface area contributed by atoms with E-state index in [-0.39, 0.29) is 5.41 Å². The fourth-order valence-corrected chi connectivity index (χ4v) is 2.23. The van der Waals surface area contributed by atoms with E-state index in [2.05, 4.69) is 25.9 Å². The summed E-state index contributed by atoms with van der Waals surface area (Å²) in [6.07, 6.45) is 0. The van der Waals surface area contributed by atoms with Crippen molar-refractivity contribution in [2.24, 2.45) is 0 Å². The van der Waals surface area contributed by atoms with Gasteiger partial charge in [0.2, 0.25) is 11.1 Å². The molecule has 0 spiro atoms. The van der Waals surface area contributed by atoms with E-state index in [0.29, 0.717) is 5.69 Å². The van der Waals surface area contributed by atoms with E-state index in [4.69, 9.17) is 5.11 Å². The molecule has 0 amide bonds. The molecule has 0 unspecified atom stereocenters. The number of hydrogen-bond donors (Lipinski definition) is 1. The molecule has 110 valence electrons. The van der Waals surface area contributed by atoms with Crippen molar-refractivity contribution in [3.05, 3.63) is 57.5 Å². The summed E-state index contributed by atoms with van der Waals surface area (Å²) in [5, 5.41) is 13.1. The smallest absolute Gasteiger partial charge is 0.360 e. The van der Waals surface area contributed by atoms with Gasteiger partial charge < -0.3 is 5.11 Å². The van der Waals surface area contributed by atoms with Crippen LogP contribution in [-0.2, 0) is 5.41 Å². The normalized spacial score (nSPS) is 11.4. The SMILES string of the molecule is Cc1cc(=O)c(C(=O)O)nn1-c1ccccc1C(C)(C)C. The summed E-state index contributed by atoms with van der Waals surface area (Å²) in [5.41, 5.74) is 1.23. The van der Waals surface area contributed by atoms with Gasteiger partial charge in [-0.3, -0.25) is 4.79 Å². The summed E-state index contributed by atoms with van der Waals surface area (Å²) in [6.45, 7) is 7.95. The van der Waals surface area contributed by atoms with Crippen molar-refractivity contribution in [1.82, 2.24) is 9.78 Å². The number of benzene rings is 1. The Balaban J connectivity index is 2.77. The lowest BCUT2D eigenvalue weighted by atomic mass is 9.86. The molecular weight excluding hydrogens is 268 g/mol. The van der Waals surface area contributed by atoms with Gasteiger partial charge >= 0.3 is 5.97 Å². The van der Waals surface area contributed by atoms with Crippen LogP contribution in [0.2, 0.25) is 0 Å². The van der Waals surface area contributed by atoms with E-state index in [1.807, 2.05) is 24.3 Å². The average Bonchev–Trinajstić information content (AvgIpc) is 2.37. The van der Waals surface area contributed by atoms with E-state index in [0.717, 1.165) is 11.3 Å². The van der Waals surface area contributed by atoms with Crippen molar-refractivity contribution in [3.63, 3.8) is 0 Å². The Labute approximate surface area is 122 Å². The maximum Gasteiger partial charge on any atom is 0.360 e. The molecule has 1 N–H and O–H groups in total. The summed E-state index contributed by atoms with van der Waals surface area (Å²) in [6, 6.07) is 8.95. The summed E-state index contributed by atoms with van der Waals surface area (Å²) in [4.78, 5) is 22.8. The first kappa shape index (κ1) is 15.0. The van der Waals surface area contributed by atoms with E-state index in [9.17, 15) is 9.59 Å². The van der Waals surface area contributed by atoms with Crippen molar-refractivity contribution in [1.29, 1.82) is 0 Å². The highest BCUT2D eigenvalue weighted by molar-refractivity contribution is 5.85. The highest BCUT2D eigenvalue weighted by atomic mass is 16.4. The van der Waals surface area contributed by atoms with Crippen LogP contribution in [0.4, 0.5) is 0 Å². The highest BCUT2D eigenvalue weighted by Crippen LogP contribution is 2.28. The monoisotopic (exact) mass is 286 g/mol. The number of carbonyl (C=O) groups is 1. The summed E-state index contributed by atoms with van der Waals surface area (Å²) < 4.78 is 1.52. The summed E-state index contributed by atoms with van der Waals surface area (Å²) in [5.74, 6) is -1.32. The molecule has 0 fully saturated rings. The zero-order valence-electron chi connectivity index (χ0n) is 12.5. The quantitative estimate of drug-likeness (QED) is 0.920. The molecule has 1 aromatic heterocycles. The number of hydrogen-bond acceptors (Lipinski definition) is 3. The molecule has 0 radical (unpaired) electrons. The van der Waals surface area contributed by atoms with Crippen LogP contribution >= 0.6 is 0 Å². The van der Waals surface area contributed by atoms with Crippen molar-refractivity contribution in [2.45, 2.75) is 33.1 Å². The van der Waals surface area contributed by atoms with Gasteiger partial charge in [-0.1, -0.05) is 39.0 Å². The van der Waals surface area contributed by atoms with Gasteiger partial charge in [0, 0.05) is 11.8 Å². The van der Waals surface area contributed by atoms with Crippen LogP contribution in [0.25, 0.3) is 5.69 Å². The standard InChI is InChI=1S/C16H18N2O3/c1-10-9-13(19)14(15(20)21)17-18(10)12-8-6-5-7-11(12)16(2,3)4/h5-9H,1-4H3,(H,20,21). The third kappa shape index (κ3) is 2.86. The molecule has 1 heterocycles. The Morgan fingerprint density at radius 1 is 1.24 bits per heavy atom. The van der Waals surface area contributed by atoms with Crippen LogP contribution in [0.3, 0.4) is 0 Å². The van der Waals surface area contributed by atoms with Gasteiger partial charge in [-0.25, -0.2) is 9.48 Å². The predicted octanol–water partition coefficient (Wildman–Crippen LogP) is 2.54. The second-order valence-corrected chi connectivity index (χ2v) is 5.98. The predicted molar refractivity (Wildman–Crippen MR) is 80.2 cm³/mol. The Morgan fingerprint density at radius 2 is 1.86 bits per heavy atom. The minimum absolute atomic E-state index is 0.128. The molecular formula is C16H18N2O3. The topological polar surface area (TPSA) is 72.2 Å². The molecule has 2 aromatic rings. The van der Waals surface area contributed by atoms with Gasteiger partial charge in [0.15, 0.2) is 0 Å². The van der Waals surface area contributed by atoms with E-state index < -0.39 is 17.1 Å². The summed E-state index contributed by atoms with van der Waals surface area (Å²) in [7, 11) is 0. The maximum absolute atomic E-state index is 11.7. The Kier molecular flexibility index (Phi) is 3.68. The minimum Gasteiger partial charge on any atom is -0.476 e. The van der Waals surface area contributed by atoms with Gasteiger partial charge in [0.25, 0.3) is 0 Å². The van der Waals surface area contributed by atoms with Crippen LogP contribution < -0.4 is 5.43 Å². The number of nitrogens with zero attached hydrogens (tertiary/aromatic N) is 2. The molecule has 0 saturated heterocycles. The lowest BCUT2D eigenvalue weighted by molar-refractivity contribution is 0.0686. The Morgan fingerprint density at radius 3 is 2.43 bits per heavy atom. The average molecular weight is 286 g/mol. The van der Waals surface area contributed by atoms with Crippen molar-refractivity contribution >= 4 is 5.97 Å². The van der Waals surface area contributed by atoms with E-state index >= 15 is 0 Å². The first-order chi connectivity index (χ1) is 9.71. The molecule has 0 aliphatic carbocycles. The fraction of sp³-hybridized carbons (Fsp3) is 0.312. The van der Waals surface area contributed by atoms with Crippen LogP contribution in [0, 0.1) is 6.92 Å². The van der Waals surface area contributed by atoms with Gasteiger partial charge in [0.05, 0.1) is 5.69 Å². The van der Waals surface area contributed by atoms with E-state index in [1.165, 1.54) is 10.7 Å². The molecule has 0 bridgehead atoms. The largest absolute Gasteiger partial charge is 0.476 e. The number of rotatable bonds is 2. The van der Waals surface area contributed by atoms with Gasteiger partial charge in [0.1, 0.15) is 0 Å². The number of aryl methyl sites for hydroxylation is 1. The molecule has 0 aliphatic heterocycles. The van der Waals surface area contributed by atoms with Crippen molar-refractivity contribution in [3.8, 4) is 5.69 Å². The number of para-hydroxylation sites is 1. The van der Waals surface area contributed by atoms with Gasteiger partial charge in [-0.15, -0.1) is 0 Å². The zero-order chi connectivity index (χ0) is 15.8. The molecule has 2 rings (SSSR count). The molecule has 21 heavy (non-hydrogen) atoms. The van der Waals surface area contributed by atoms with Gasteiger partial charge in [-0.05, 0) is 24.0 Å². The third-order valence-electron chi connectivity index (χ3n) is 3.25. The van der Waals surface area contributed by atoms with Gasteiger partial charge in [-0.2, -0.15) is 5.10 Å². The lowest BCUT2D eigenvalue weighted by Crippen LogP contribution is -2.24. The van der Waals surface area contributed by atoms with Crippen LogP contribution in [-0.4, -0.2) is 20.9 Å². The van der Waals surface area contributed by atoms with Crippen molar-refractivity contribution < 1.29 is 9.90 Å². The minimum atomic E-state index is -1.32. The summed E-state index contributed by atoms with van der Waals surface area (Å²) >= 11 is 0. The third-order valence-corrected chi connectivity index (χ3v) is 3.25. The number of aromatic nitrogens is 2. The second-order valence-electron chi connectivity index (χ2n) is 5.98. The second kappa shape index (κ2) is 5.16. The number of carboxylic acid groups (broad SMARTS) is 1. The number of aromatic carboxylic acids is 1. The van der Waals surface area contributed by atoms with E-state index in [1.54, 1.807) is 6.92 Å². The zero-order valence-corrected chi connectivity index (χ0v) is 12.5. The molecule has 0 aliphatic rings.